The van der Waals surface area contributed by atoms with Crippen LogP contribution < -0.4 is 0 Å². The van der Waals surface area contributed by atoms with E-state index in [2.05, 4.69) is 26.0 Å². The number of sulfone groups is 1. The zero-order valence-corrected chi connectivity index (χ0v) is 9.91. The first-order chi connectivity index (χ1) is 7.39. The van der Waals surface area contributed by atoms with Crippen LogP contribution in [-0.4, -0.2) is 14.2 Å². The minimum Gasteiger partial charge on any atom is -0.218 e. The van der Waals surface area contributed by atoms with Gasteiger partial charge in [0, 0.05) is 9.38 Å². The van der Waals surface area contributed by atoms with E-state index in [1.165, 1.54) is 0 Å². The van der Waals surface area contributed by atoms with Gasteiger partial charge in [-0.25, -0.2) is 8.42 Å². The molecule has 9 heteroatoms. The van der Waals surface area contributed by atoms with Crippen molar-refractivity contribution in [1.29, 1.82) is 0 Å². The Morgan fingerprint density at radius 3 is 2.50 bits per heavy atom. The first kappa shape index (κ1) is 12.9. The van der Waals surface area contributed by atoms with Crippen molar-refractivity contribution < 1.29 is 17.2 Å². The molecule has 0 radical (unpaired) electrons. The molecule has 1 aromatic rings. The maximum atomic E-state index is 12.2. The molecule has 0 N–H and O–H groups in total. The lowest BCUT2D eigenvalue weighted by Gasteiger charge is -2.04. The molecular formula is C7H4BrF2N3O2S. The molecule has 0 saturated heterocycles. The van der Waals surface area contributed by atoms with Gasteiger partial charge in [0.1, 0.15) is 0 Å². The summed E-state index contributed by atoms with van der Waals surface area (Å²) in [5.74, 6) is -3.48. The number of nitrogens with zero attached hydrogens (tertiary/aromatic N) is 3. The van der Waals surface area contributed by atoms with E-state index in [-0.39, 0.29) is 10.2 Å². The minimum atomic E-state index is -4.63. The Balaban J connectivity index is 3.32. The zero-order chi connectivity index (χ0) is 12.3. The molecule has 0 aliphatic heterocycles. The van der Waals surface area contributed by atoms with Crippen molar-refractivity contribution in [3.63, 3.8) is 0 Å². The Bertz CT molecular complexity index is 555. The first-order valence-corrected chi connectivity index (χ1v) is 6.10. The van der Waals surface area contributed by atoms with Crippen LogP contribution in [0.3, 0.4) is 0 Å². The Hall–Kier alpha value is -1.18. The van der Waals surface area contributed by atoms with Gasteiger partial charge in [-0.2, -0.15) is 8.78 Å². The predicted molar refractivity (Wildman–Crippen MR) is 56.1 cm³/mol. The summed E-state index contributed by atoms with van der Waals surface area (Å²) in [6, 6.07) is 3.06. The van der Waals surface area contributed by atoms with Gasteiger partial charge in [-0.1, -0.05) is 27.1 Å². The molecule has 1 aromatic carbocycles. The molecule has 5 nitrogen and oxygen atoms in total. The van der Waals surface area contributed by atoms with E-state index in [0.29, 0.717) is 0 Å². The van der Waals surface area contributed by atoms with Gasteiger partial charge >= 0.3 is 5.76 Å². The number of rotatable bonds is 3. The zero-order valence-electron chi connectivity index (χ0n) is 7.51. The van der Waals surface area contributed by atoms with Crippen molar-refractivity contribution in [2.45, 2.75) is 10.7 Å². The van der Waals surface area contributed by atoms with E-state index >= 15 is 0 Å². The van der Waals surface area contributed by atoms with Crippen LogP contribution in [0.25, 0.3) is 10.4 Å². The molecule has 0 atom stereocenters. The molecule has 0 heterocycles. The van der Waals surface area contributed by atoms with Crippen LogP contribution in [0.4, 0.5) is 14.5 Å². The minimum absolute atomic E-state index is 0.121. The fourth-order valence-electron chi connectivity index (χ4n) is 0.897. The van der Waals surface area contributed by atoms with E-state index in [0.717, 1.165) is 18.2 Å². The molecule has 0 aliphatic carbocycles. The van der Waals surface area contributed by atoms with Crippen molar-refractivity contribution >= 4 is 31.5 Å². The molecule has 0 amide bonds. The third-order valence-corrected chi connectivity index (χ3v) is 3.65. The normalized spacial score (nSPS) is 11.2. The Morgan fingerprint density at radius 2 is 2.06 bits per heavy atom. The average Bonchev–Trinajstić information content (AvgIpc) is 2.21. The van der Waals surface area contributed by atoms with Crippen LogP contribution in [0.5, 0.6) is 0 Å². The fraction of sp³-hybridized carbons (Fsp3) is 0.143. The highest BCUT2D eigenvalue weighted by Gasteiger charge is 2.26. The quantitative estimate of drug-likeness (QED) is 0.487. The third-order valence-electron chi connectivity index (χ3n) is 1.63. The van der Waals surface area contributed by atoms with E-state index < -0.39 is 20.5 Å². The Labute approximate surface area is 97.8 Å². The van der Waals surface area contributed by atoms with Crippen molar-refractivity contribution in [3.05, 3.63) is 33.1 Å². The van der Waals surface area contributed by atoms with Crippen LogP contribution in [0, 0.1) is 0 Å². The lowest BCUT2D eigenvalue weighted by atomic mass is 10.3. The second kappa shape index (κ2) is 4.77. The number of hydrogen-bond acceptors (Lipinski definition) is 3. The molecule has 0 fully saturated rings. The summed E-state index contributed by atoms with van der Waals surface area (Å²) in [6.45, 7) is 0. The maximum Gasteiger partial charge on any atom is 0.341 e. The van der Waals surface area contributed by atoms with E-state index in [4.69, 9.17) is 5.53 Å². The van der Waals surface area contributed by atoms with Gasteiger partial charge in [-0.3, -0.25) is 0 Å². The molecule has 0 unspecified atom stereocenters. The number of azide groups is 1. The second-order valence-corrected chi connectivity index (χ2v) is 5.38. The van der Waals surface area contributed by atoms with Crippen LogP contribution in [-0.2, 0) is 9.84 Å². The van der Waals surface area contributed by atoms with Gasteiger partial charge in [-0.05, 0) is 17.7 Å². The Kier molecular flexibility index (Phi) is 3.84. The van der Waals surface area contributed by atoms with E-state index in [9.17, 15) is 17.2 Å². The van der Waals surface area contributed by atoms with Crippen LogP contribution in [0.1, 0.15) is 0 Å². The molecule has 0 aliphatic rings. The number of benzene rings is 1. The van der Waals surface area contributed by atoms with Crippen molar-refractivity contribution in [3.8, 4) is 0 Å². The van der Waals surface area contributed by atoms with Crippen LogP contribution in [0.2, 0.25) is 0 Å². The summed E-state index contributed by atoms with van der Waals surface area (Å²) in [6.07, 6.45) is 0. The smallest absolute Gasteiger partial charge is 0.218 e. The molecule has 16 heavy (non-hydrogen) atoms. The fourth-order valence-corrected chi connectivity index (χ4v) is 2.25. The van der Waals surface area contributed by atoms with Crippen molar-refractivity contribution in [2.75, 3.05) is 0 Å². The van der Waals surface area contributed by atoms with E-state index in [1.807, 2.05) is 0 Å². The van der Waals surface area contributed by atoms with Gasteiger partial charge in [0.2, 0.25) is 9.84 Å². The van der Waals surface area contributed by atoms with Gasteiger partial charge in [0.25, 0.3) is 0 Å². The lowest BCUT2D eigenvalue weighted by molar-refractivity contribution is 0.234. The van der Waals surface area contributed by atoms with Crippen molar-refractivity contribution in [2.24, 2.45) is 5.11 Å². The second-order valence-electron chi connectivity index (χ2n) is 2.61. The summed E-state index contributed by atoms with van der Waals surface area (Å²) in [4.78, 5) is 1.96. The molecule has 86 valence electrons. The maximum absolute atomic E-state index is 12.2. The number of hydrogen-bond donors (Lipinski definition) is 0. The van der Waals surface area contributed by atoms with Gasteiger partial charge in [-0.15, -0.1) is 0 Å². The lowest BCUT2D eigenvalue weighted by Crippen LogP contribution is -2.11. The standard InChI is InChI=1S/C7H4BrF2N3O2S/c8-5-3-4(16(14,15)7(9)10)1-2-6(5)12-13-11/h1-3,7H. The van der Waals surface area contributed by atoms with Gasteiger partial charge in [0.05, 0.1) is 10.6 Å². The van der Waals surface area contributed by atoms with Crippen LogP contribution in [0.15, 0.2) is 32.7 Å². The van der Waals surface area contributed by atoms with Crippen LogP contribution >= 0.6 is 15.9 Å². The predicted octanol–water partition coefficient (Wildman–Crippen LogP) is 3.39. The van der Waals surface area contributed by atoms with E-state index in [1.54, 1.807) is 0 Å². The Morgan fingerprint density at radius 1 is 1.44 bits per heavy atom. The molecule has 1 rings (SSSR count). The molecular weight excluding hydrogens is 308 g/mol. The molecule has 0 bridgehead atoms. The number of alkyl halides is 2. The monoisotopic (exact) mass is 311 g/mol. The highest BCUT2D eigenvalue weighted by atomic mass is 79.9. The summed E-state index contributed by atoms with van der Waals surface area (Å²) in [5, 5.41) is 3.23. The van der Waals surface area contributed by atoms with Crippen molar-refractivity contribution in [1.82, 2.24) is 0 Å². The third kappa shape index (κ3) is 2.49. The first-order valence-electron chi connectivity index (χ1n) is 3.76. The summed E-state index contributed by atoms with van der Waals surface area (Å²) in [5.41, 5.74) is 8.28. The SMILES string of the molecule is [N-]=[N+]=Nc1ccc(S(=O)(=O)C(F)F)cc1Br. The number of halogens is 3. The summed E-state index contributed by atoms with van der Waals surface area (Å²) < 4.78 is 46.7. The largest absolute Gasteiger partial charge is 0.341 e. The summed E-state index contributed by atoms with van der Waals surface area (Å²) in [7, 11) is -4.63. The average molecular weight is 312 g/mol. The molecule has 0 saturated carbocycles. The molecule has 0 aromatic heterocycles. The highest BCUT2D eigenvalue weighted by Crippen LogP contribution is 2.29. The summed E-state index contributed by atoms with van der Waals surface area (Å²) >= 11 is 2.92. The van der Waals surface area contributed by atoms with Gasteiger partial charge in [0.15, 0.2) is 0 Å². The highest BCUT2D eigenvalue weighted by molar-refractivity contribution is 9.10. The topological polar surface area (TPSA) is 82.9 Å². The van der Waals surface area contributed by atoms with Gasteiger partial charge < -0.3 is 0 Å². The molecule has 0 spiro atoms.